The van der Waals surface area contributed by atoms with Crippen LogP contribution in [0.15, 0.2) is 18.2 Å². The van der Waals surface area contributed by atoms with Crippen molar-refractivity contribution in [3.63, 3.8) is 0 Å². The van der Waals surface area contributed by atoms with Gasteiger partial charge < -0.3 is 5.32 Å². The largest absolute Gasteiger partial charge is 0.312 e. The monoisotopic (exact) mass is 247 g/mol. The molecule has 2 heterocycles. The van der Waals surface area contributed by atoms with Crippen LogP contribution in [-0.4, -0.2) is 17.0 Å². The van der Waals surface area contributed by atoms with E-state index in [1.54, 1.807) is 11.3 Å². The molecule has 1 atom stereocenters. The van der Waals surface area contributed by atoms with E-state index in [0.717, 1.165) is 22.1 Å². The smallest absolute Gasteiger partial charge is 0.142 e. The number of aryl methyl sites for hydroxylation is 2. The third kappa shape index (κ3) is 2.53. The molecule has 0 aromatic carbocycles. The van der Waals surface area contributed by atoms with Gasteiger partial charge in [-0.05, 0) is 40.0 Å². The van der Waals surface area contributed by atoms with Gasteiger partial charge in [0.2, 0.25) is 0 Å². The molecule has 1 N–H and O–H groups in total. The molecule has 0 fully saturated rings. The highest BCUT2D eigenvalue weighted by molar-refractivity contribution is 7.15. The Morgan fingerprint density at radius 1 is 1.24 bits per heavy atom. The zero-order valence-corrected chi connectivity index (χ0v) is 11.4. The lowest BCUT2D eigenvalue weighted by molar-refractivity contribution is 0.658. The molecule has 0 aliphatic heterocycles. The van der Waals surface area contributed by atoms with Crippen molar-refractivity contribution in [1.29, 1.82) is 0 Å². The minimum absolute atomic E-state index is 0.339. The topological polar surface area (TPSA) is 37.8 Å². The van der Waals surface area contributed by atoms with E-state index < -0.39 is 0 Å². The van der Waals surface area contributed by atoms with Gasteiger partial charge in [-0.15, -0.1) is 11.3 Å². The zero-order valence-electron chi connectivity index (χ0n) is 10.6. The molecule has 0 bridgehead atoms. The molecular formula is C13H17N3S. The predicted molar refractivity (Wildman–Crippen MR) is 72.3 cm³/mol. The van der Waals surface area contributed by atoms with E-state index >= 15 is 0 Å². The summed E-state index contributed by atoms with van der Waals surface area (Å²) < 4.78 is 0. The molecule has 1 unspecified atom stereocenters. The van der Waals surface area contributed by atoms with Crippen LogP contribution < -0.4 is 5.32 Å². The lowest BCUT2D eigenvalue weighted by atomic mass is 10.2. The van der Waals surface area contributed by atoms with E-state index in [-0.39, 0.29) is 0 Å². The van der Waals surface area contributed by atoms with Crippen LogP contribution in [0.5, 0.6) is 0 Å². The molecule has 0 saturated carbocycles. The number of thiazole rings is 1. The number of hydrogen-bond donors (Lipinski definition) is 1. The van der Waals surface area contributed by atoms with Crippen molar-refractivity contribution < 1.29 is 0 Å². The standard InChI is InChI=1S/C13H17N3S/c1-8-6-5-7-11(15-8)13-16-10(3)12(17-13)9(2)14-4/h5-7,9,14H,1-4H3. The first-order chi connectivity index (χ1) is 8.11. The first-order valence-corrected chi connectivity index (χ1v) is 6.52. The molecule has 3 nitrogen and oxygen atoms in total. The Hall–Kier alpha value is -1.26. The number of pyridine rings is 1. The number of nitrogens with zero attached hydrogens (tertiary/aromatic N) is 2. The summed E-state index contributed by atoms with van der Waals surface area (Å²) in [5, 5.41) is 4.25. The Bertz CT molecular complexity index is 519. The van der Waals surface area contributed by atoms with E-state index in [1.807, 2.05) is 32.2 Å². The van der Waals surface area contributed by atoms with Crippen molar-refractivity contribution in [3.05, 3.63) is 34.5 Å². The van der Waals surface area contributed by atoms with Crippen molar-refractivity contribution >= 4 is 11.3 Å². The van der Waals surface area contributed by atoms with E-state index in [1.165, 1.54) is 4.88 Å². The molecule has 2 aromatic rings. The van der Waals surface area contributed by atoms with Gasteiger partial charge in [-0.25, -0.2) is 4.98 Å². The van der Waals surface area contributed by atoms with Gasteiger partial charge in [-0.1, -0.05) is 6.07 Å². The molecule has 0 radical (unpaired) electrons. The number of rotatable bonds is 3. The summed E-state index contributed by atoms with van der Waals surface area (Å²) in [6.45, 7) is 6.20. The second-order valence-corrected chi connectivity index (χ2v) is 5.17. The van der Waals surface area contributed by atoms with Crippen LogP contribution in [0.2, 0.25) is 0 Å². The van der Waals surface area contributed by atoms with Crippen molar-refractivity contribution in [2.75, 3.05) is 7.05 Å². The lowest BCUT2D eigenvalue weighted by Crippen LogP contribution is -2.11. The van der Waals surface area contributed by atoms with Crippen LogP contribution in [0.3, 0.4) is 0 Å². The summed E-state index contributed by atoms with van der Waals surface area (Å²) in [6.07, 6.45) is 0. The first kappa shape index (κ1) is 12.2. The lowest BCUT2D eigenvalue weighted by Gasteiger charge is -2.06. The number of nitrogens with one attached hydrogen (secondary N) is 1. The highest BCUT2D eigenvalue weighted by Gasteiger charge is 2.14. The van der Waals surface area contributed by atoms with Crippen LogP contribution in [0.25, 0.3) is 10.7 Å². The van der Waals surface area contributed by atoms with Crippen LogP contribution in [0.1, 0.15) is 29.2 Å². The average Bonchev–Trinajstić information content (AvgIpc) is 2.70. The summed E-state index contributed by atoms with van der Waals surface area (Å²) in [5.74, 6) is 0. The highest BCUT2D eigenvalue weighted by Crippen LogP contribution is 2.30. The van der Waals surface area contributed by atoms with Gasteiger partial charge in [0, 0.05) is 16.6 Å². The normalized spacial score (nSPS) is 12.7. The highest BCUT2D eigenvalue weighted by atomic mass is 32.1. The predicted octanol–water partition coefficient (Wildman–Crippen LogP) is 3.10. The summed E-state index contributed by atoms with van der Waals surface area (Å²) >= 11 is 1.72. The van der Waals surface area contributed by atoms with Gasteiger partial charge in [-0.3, -0.25) is 4.98 Å². The Balaban J connectivity index is 2.41. The SMILES string of the molecule is CNC(C)c1sc(-c2cccc(C)n2)nc1C. The maximum Gasteiger partial charge on any atom is 0.142 e. The maximum absolute atomic E-state index is 4.61. The Labute approximate surface area is 106 Å². The Kier molecular flexibility index (Phi) is 3.54. The molecule has 17 heavy (non-hydrogen) atoms. The van der Waals surface area contributed by atoms with E-state index in [4.69, 9.17) is 0 Å². The van der Waals surface area contributed by atoms with Crippen molar-refractivity contribution in [2.45, 2.75) is 26.8 Å². The van der Waals surface area contributed by atoms with Crippen molar-refractivity contribution in [2.24, 2.45) is 0 Å². The van der Waals surface area contributed by atoms with Gasteiger partial charge >= 0.3 is 0 Å². The van der Waals surface area contributed by atoms with Gasteiger partial charge in [0.05, 0.1) is 11.4 Å². The van der Waals surface area contributed by atoms with Gasteiger partial charge in [0.1, 0.15) is 5.01 Å². The Morgan fingerprint density at radius 3 is 2.65 bits per heavy atom. The Morgan fingerprint density at radius 2 is 2.00 bits per heavy atom. The van der Waals surface area contributed by atoms with Gasteiger partial charge in [0.15, 0.2) is 0 Å². The molecule has 0 aliphatic carbocycles. The van der Waals surface area contributed by atoms with Crippen LogP contribution in [0.4, 0.5) is 0 Å². The van der Waals surface area contributed by atoms with E-state index in [2.05, 4.69) is 29.1 Å². The van der Waals surface area contributed by atoms with Gasteiger partial charge in [0.25, 0.3) is 0 Å². The van der Waals surface area contributed by atoms with Crippen LogP contribution in [-0.2, 0) is 0 Å². The summed E-state index contributed by atoms with van der Waals surface area (Å²) in [4.78, 5) is 10.4. The van der Waals surface area contributed by atoms with E-state index in [0.29, 0.717) is 6.04 Å². The molecule has 2 aromatic heterocycles. The minimum Gasteiger partial charge on any atom is -0.312 e. The fraction of sp³-hybridized carbons (Fsp3) is 0.385. The minimum atomic E-state index is 0.339. The molecule has 4 heteroatoms. The number of hydrogen-bond acceptors (Lipinski definition) is 4. The molecule has 0 aliphatic rings. The van der Waals surface area contributed by atoms with Crippen molar-refractivity contribution in [1.82, 2.24) is 15.3 Å². The van der Waals surface area contributed by atoms with Crippen molar-refractivity contribution in [3.8, 4) is 10.7 Å². The molecule has 0 amide bonds. The maximum atomic E-state index is 4.61. The van der Waals surface area contributed by atoms with Crippen LogP contribution >= 0.6 is 11.3 Å². The molecule has 90 valence electrons. The third-order valence-electron chi connectivity index (χ3n) is 2.77. The summed E-state index contributed by atoms with van der Waals surface area (Å²) in [7, 11) is 1.97. The molecular weight excluding hydrogens is 230 g/mol. The summed E-state index contributed by atoms with van der Waals surface area (Å²) in [6, 6.07) is 6.38. The molecule has 0 saturated heterocycles. The second kappa shape index (κ2) is 4.94. The number of aromatic nitrogens is 2. The molecule has 0 spiro atoms. The third-order valence-corrected chi connectivity index (χ3v) is 4.13. The van der Waals surface area contributed by atoms with Gasteiger partial charge in [-0.2, -0.15) is 0 Å². The fourth-order valence-corrected chi connectivity index (χ4v) is 2.81. The second-order valence-electron chi connectivity index (χ2n) is 4.14. The summed E-state index contributed by atoms with van der Waals surface area (Å²) in [5.41, 5.74) is 3.08. The quantitative estimate of drug-likeness (QED) is 0.905. The first-order valence-electron chi connectivity index (χ1n) is 5.70. The zero-order chi connectivity index (χ0) is 12.4. The fourth-order valence-electron chi connectivity index (χ4n) is 1.71. The van der Waals surface area contributed by atoms with Crippen LogP contribution in [0, 0.1) is 13.8 Å². The molecule has 2 rings (SSSR count). The van der Waals surface area contributed by atoms with E-state index in [9.17, 15) is 0 Å². The average molecular weight is 247 g/mol.